The Morgan fingerprint density at radius 3 is 2.62 bits per heavy atom. The lowest BCUT2D eigenvalue weighted by molar-refractivity contribution is 0.171. The predicted octanol–water partition coefficient (Wildman–Crippen LogP) is 3.80. The normalized spacial score (nSPS) is 16.6. The number of likely N-dealkylation sites (tertiary alicyclic amines) is 1. The first-order valence-corrected chi connectivity index (χ1v) is 12.6. The van der Waals surface area contributed by atoms with Gasteiger partial charge in [0.1, 0.15) is 19.0 Å². The lowest BCUT2D eigenvalue weighted by Crippen LogP contribution is -2.43. The van der Waals surface area contributed by atoms with Crippen molar-refractivity contribution < 1.29 is 14.2 Å². The molecule has 0 spiro atoms. The Balaban J connectivity index is 1.15. The fourth-order valence-electron chi connectivity index (χ4n) is 4.74. The quantitative estimate of drug-likeness (QED) is 0.504. The minimum Gasteiger partial charge on any atom is -0.497 e. The smallest absolute Gasteiger partial charge is 0.251 e. The molecule has 1 saturated heterocycles. The lowest BCUT2D eigenvalue weighted by atomic mass is 10.0. The molecule has 7 nitrogen and oxygen atoms in total. The second-order valence-electron chi connectivity index (χ2n) is 8.84. The maximum absolute atomic E-state index is 12.6. The minimum atomic E-state index is 0.0173. The highest BCUT2D eigenvalue weighted by molar-refractivity contribution is 9.10. The summed E-state index contributed by atoms with van der Waals surface area (Å²) in [6.07, 6.45) is 2.18. The number of ether oxygens (including phenoxy) is 3. The van der Waals surface area contributed by atoms with Crippen molar-refractivity contribution in [2.45, 2.75) is 32.0 Å². The van der Waals surface area contributed by atoms with Crippen LogP contribution >= 0.6 is 15.9 Å². The van der Waals surface area contributed by atoms with Crippen LogP contribution in [0.3, 0.4) is 0 Å². The summed E-state index contributed by atoms with van der Waals surface area (Å²) in [5, 5.41) is 4.71. The van der Waals surface area contributed by atoms with Crippen molar-refractivity contribution in [2.75, 3.05) is 40.0 Å². The second kappa shape index (κ2) is 10.4. The number of hydrogen-bond donors (Lipinski definition) is 1. The Morgan fingerprint density at radius 2 is 1.82 bits per heavy atom. The van der Waals surface area contributed by atoms with E-state index in [1.54, 1.807) is 13.2 Å². The number of nitrogens with one attached hydrogen (secondary N) is 1. The van der Waals surface area contributed by atoms with Gasteiger partial charge in [0.25, 0.3) is 5.56 Å². The van der Waals surface area contributed by atoms with Crippen molar-refractivity contribution in [3.05, 3.63) is 62.9 Å². The van der Waals surface area contributed by atoms with E-state index in [0.29, 0.717) is 25.8 Å². The molecule has 8 heteroatoms. The van der Waals surface area contributed by atoms with E-state index in [2.05, 4.69) is 38.3 Å². The van der Waals surface area contributed by atoms with E-state index in [1.807, 2.05) is 28.8 Å². The number of rotatable bonds is 7. The van der Waals surface area contributed by atoms with Gasteiger partial charge in [-0.15, -0.1) is 0 Å². The first-order valence-electron chi connectivity index (χ1n) is 11.8. The van der Waals surface area contributed by atoms with E-state index in [-0.39, 0.29) is 5.56 Å². The van der Waals surface area contributed by atoms with Crippen LogP contribution in [0.1, 0.15) is 18.4 Å². The number of hydrogen-bond acceptors (Lipinski definition) is 6. The molecule has 5 rings (SSSR count). The highest BCUT2D eigenvalue weighted by Crippen LogP contribution is 2.31. The molecule has 3 aromatic rings. The second-order valence-corrected chi connectivity index (χ2v) is 9.69. The Hall–Kier alpha value is -2.55. The van der Waals surface area contributed by atoms with Crippen molar-refractivity contribution >= 4 is 26.8 Å². The molecule has 0 saturated carbocycles. The zero-order chi connectivity index (χ0) is 23.5. The van der Waals surface area contributed by atoms with Crippen LogP contribution in [0.4, 0.5) is 0 Å². The van der Waals surface area contributed by atoms with E-state index in [9.17, 15) is 4.79 Å². The van der Waals surface area contributed by atoms with Gasteiger partial charge in [0, 0.05) is 47.7 Å². The van der Waals surface area contributed by atoms with Crippen molar-refractivity contribution in [1.82, 2.24) is 14.8 Å². The van der Waals surface area contributed by atoms with Crippen LogP contribution in [0.25, 0.3) is 10.9 Å². The molecule has 0 radical (unpaired) electrons. The molecule has 2 aliphatic heterocycles. The van der Waals surface area contributed by atoms with E-state index in [1.165, 1.54) is 5.56 Å². The third kappa shape index (κ3) is 5.09. The summed E-state index contributed by atoms with van der Waals surface area (Å²) in [5.41, 5.74) is 2.13. The largest absolute Gasteiger partial charge is 0.497 e. The summed E-state index contributed by atoms with van der Waals surface area (Å²) < 4.78 is 19.5. The van der Waals surface area contributed by atoms with E-state index >= 15 is 0 Å². The number of halogens is 1. The van der Waals surface area contributed by atoms with Crippen LogP contribution in [-0.4, -0.2) is 55.5 Å². The molecule has 1 fully saturated rings. The first-order chi connectivity index (χ1) is 16.6. The molecule has 0 amide bonds. The summed E-state index contributed by atoms with van der Waals surface area (Å²) in [6.45, 7) is 5.59. The average Bonchev–Trinajstić information content (AvgIpc) is 2.87. The number of methoxy groups -OCH3 is 1. The molecule has 0 unspecified atom stereocenters. The molecule has 3 heterocycles. The third-order valence-electron chi connectivity index (χ3n) is 6.70. The predicted molar refractivity (Wildman–Crippen MR) is 136 cm³/mol. The van der Waals surface area contributed by atoms with Crippen molar-refractivity contribution in [3.8, 4) is 17.2 Å². The Labute approximate surface area is 207 Å². The Morgan fingerprint density at radius 1 is 1.03 bits per heavy atom. The van der Waals surface area contributed by atoms with Gasteiger partial charge >= 0.3 is 0 Å². The zero-order valence-corrected chi connectivity index (χ0v) is 21.0. The summed E-state index contributed by atoms with van der Waals surface area (Å²) in [5.74, 6) is 2.41. The van der Waals surface area contributed by atoms with Gasteiger partial charge in [-0.1, -0.05) is 6.07 Å². The molecule has 1 N–H and O–H groups in total. The van der Waals surface area contributed by atoms with Gasteiger partial charge in [0.15, 0.2) is 11.5 Å². The van der Waals surface area contributed by atoms with Gasteiger partial charge in [0.2, 0.25) is 0 Å². The van der Waals surface area contributed by atoms with Crippen LogP contribution in [0.5, 0.6) is 17.2 Å². The first kappa shape index (κ1) is 23.2. The van der Waals surface area contributed by atoms with Gasteiger partial charge in [-0.3, -0.25) is 4.79 Å². The maximum atomic E-state index is 12.6. The number of fused-ring (bicyclic) bond motifs is 2. The fourth-order valence-corrected chi connectivity index (χ4v) is 5.30. The Kier molecular flexibility index (Phi) is 7.08. The summed E-state index contributed by atoms with van der Waals surface area (Å²) >= 11 is 3.61. The standard InChI is InChI=1S/C26H30BrN3O4/c1-32-20-15-22(27)21-3-5-26(31)30(23(21)16-20)11-10-29-8-6-19(7-9-29)28-17-18-2-4-24-25(14-18)34-13-12-33-24/h2-5,14-16,19,28H,6-13,17H2,1H3. The van der Waals surface area contributed by atoms with Crippen molar-refractivity contribution in [3.63, 3.8) is 0 Å². The van der Waals surface area contributed by atoms with Gasteiger partial charge in [0.05, 0.1) is 12.6 Å². The SMILES string of the molecule is COc1cc(Br)c2ccc(=O)n(CCN3CCC(NCc4ccc5c(c4)OCCO5)CC3)c2c1. The van der Waals surface area contributed by atoms with Crippen LogP contribution in [0.15, 0.2) is 51.7 Å². The molecule has 34 heavy (non-hydrogen) atoms. The Bertz CT molecular complexity index is 1220. The lowest BCUT2D eigenvalue weighted by Gasteiger charge is -2.32. The van der Waals surface area contributed by atoms with Crippen LogP contribution < -0.4 is 25.1 Å². The molecule has 180 valence electrons. The van der Waals surface area contributed by atoms with Gasteiger partial charge in [-0.05, 0) is 71.7 Å². The molecule has 1 aromatic heterocycles. The molecule has 2 aromatic carbocycles. The number of nitrogens with zero attached hydrogens (tertiary/aromatic N) is 2. The molecule has 0 aliphatic carbocycles. The zero-order valence-electron chi connectivity index (χ0n) is 19.4. The average molecular weight is 528 g/mol. The van der Waals surface area contributed by atoms with Gasteiger partial charge < -0.3 is 29.0 Å². The van der Waals surface area contributed by atoms with E-state index in [0.717, 1.165) is 71.6 Å². The van der Waals surface area contributed by atoms with Gasteiger partial charge in [-0.2, -0.15) is 0 Å². The molecular weight excluding hydrogens is 498 g/mol. The molecular formula is C26H30BrN3O4. The summed E-state index contributed by atoms with van der Waals surface area (Å²) in [4.78, 5) is 15.1. The fraction of sp³-hybridized carbons (Fsp3) is 0.423. The van der Waals surface area contributed by atoms with E-state index < -0.39 is 0 Å². The number of benzene rings is 2. The highest BCUT2D eigenvalue weighted by atomic mass is 79.9. The van der Waals surface area contributed by atoms with Crippen LogP contribution in [0.2, 0.25) is 0 Å². The molecule has 0 bridgehead atoms. The monoisotopic (exact) mass is 527 g/mol. The molecule has 2 aliphatic rings. The van der Waals surface area contributed by atoms with Crippen molar-refractivity contribution in [1.29, 1.82) is 0 Å². The number of piperidine rings is 1. The van der Waals surface area contributed by atoms with Crippen molar-refractivity contribution in [2.24, 2.45) is 0 Å². The maximum Gasteiger partial charge on any atom is 0.251 e. The van der Waals surface area contributed by atoms with Crippen LogP contribution in [-0.2, 0) is 13.1 Å². The van der Waals surface area contributed by atoms with E-state index in [4.69, 9.17) is 14.2 Å². The topological polar surface area (TPSA) is 65.0 Å². The summed E-state index contributed by atoms with van der Waals surface area (Å²) in [6, 6.07) is 14.1. The highest BCUT2D eigenvalue weighted by Gasteiger charge is 2.20. The summed E-state index contributed by atoms with van der Waals surface area (Å²) in [7, 11) is 1.64. The molecule has 0 atom stereocenters. The number of aromatic nitrogens is 1. The third-order valence-corrected chi connectivity index (χ3v) is 7.35. The minimum absolute atomic E-state index is 0.0173. The van der Waals surface area contributed by atoms with Gasteiger partial charge in [-0.25, -0.2) is 0 Å². The van der Waals surface area contributed by atoms with Crippen LogP contribution in [0, 0.1) is 0 Å². The number of pyridine rings is 1.